The molecule has 1 unspecified atom stereocenters. The molecule has 0 amide bonds. The van der Waals surface area contributed by atoms with Gasteiger partial charge in [0, 0.05) is 0 Å². The fourth-order valence-electron chi connectivity index (χ4n) is 1.74. The van der Waals surface area contributed by atoms with Crippen LogP contribution in [0.3, 0.4) is 0 Å². The molecule has 0 spiro atoms. The molecule has 0 radical (unpaired) electrons. The minimum Gasteiger partial charge on any atom is -0.496 e. The Morgan fingerprint density at radius 2 is 2.19 bits per heavy atom. The summed E-state index contributed by atoms with van der Waals surface area (Å²) in [6, 6.07) is 3.61. The number of benzene rings is 1. The van der Waals surface area contributed by atoms with E-state index in [-0.39, 0.29) is 0 Å². The number of hydrogen-bond acceptors (Lipinski definition) is 2. The van der Waals surface area contributed by atoms with Gasteiger partial charge in [-0.25, -0.2) is 0 Å². The van der Waals surface area contributed by atoms with Crippen LogP contribution >= 0.6 is 15.9 Å². The van der Waals surface area contributed by atoms with Crippen molar-refractivity contribution in [1.29, 1.82) is 0 Å². The third-order valence-electron chi connectivity index (χ3n) is 2.69. The van der Waals surface area contributed by atoms with Crippen LogP contribution in [0, 0.1) is 6.92 Å². The van der Waals surface area contributed by atoms with Gasteiger partial charge in [0.25, 0.3) is 0 Å². The van der Waals surface area contributed by atoms with Crippen LogP contribution in [0.1, 0.15) is 30.4 Å². The molecule has 3 nitrogen and oxygen atoms in total. The van der Waals surface area contributed by atoms with Gasteiger partial charge >= 0.3 is 5.97 Å². The van der Waals surface area contributed by atoms with Crippen LogP contribution in [-0.2, 0) is 4.79 Å². The van der Waals surface area contributed by atoms with Crippen molar-refractivity contribution in [1.82, 2.24) is 0 Å². The number of hydrogen-bond donors (Lipinski definition) is 1. The zero-order valence-corrected chi connectivity index (χ0v) is 11.2. The molecular weight excluding hydrogens is 272 g/mol. The summed E-state index contributed by atoms with van der Waals surface area (Å²) in [5, 5.41) is 9.12. The Bertz CT molecular complexity index is 401. The number of aliphatic carboxylic acids is 1. The normalized spacial score (nSPS) is 12.2. The molecule has 0 heterocycles. The number of rotatable bonds is 4. The summed E-state index contributed by atoms with van der Waals surface area (Å²) in [7, 11) is 1.59. The molecule has 0 aliphatic carbocycles. The van der Waals surface area contributed by atoms with Gasteiger partial charge in [0.1, 0.15) is 5.75 Å². The number of carbonyl (C=O) groups is 1. The van der Waals surface area contributed by atoms with Gasteiger partial charge in [-0.3, -0.25) is 4.79 Å². The summed E-state index contributed by atoms with van der Waals surface area (Å²) in [6.45, 7) is 3.77. The molecule has 0 saturated carbocycles. The highest BCUT2D eigenvalue weighted by atomic mass is 79.9. The van der Waals surface area contributed by atoms with Gasteiger partial charge in [0.2, 0.25) is 0 Å². The van der Waals surface area contributed by atoms with Crippen molar-refractivity contribution < 1.29 is 14.6 Å². The van der Waals surface area contributed by atoms with E-state index in [4.69, 9.17) is 9.84 Å². The molecule has 1 aromatic carbocycles. The fourth-order valence-corrected chi connectivity index (χ4v) is 2.26. The van der Waals surface area contributed by atoms with Gasteiger partial charge in [-0.15, -0.1) is 0 Å². The lowest BCUT2D eigenvalue weighted by Gasteiger charge is -2.16. The molecule has 0 saturated heterocycles. The number of methoxy groups -OCH3 is 1. The zero-order valence-electron chi connectivity index (χ0n) is 9.58. The van der Waals surface area contributed by atoms with Crippen molar-refractivity contribution in [3.63, 3.8) is 0 Å². The van der Waals surface area contributed by atoms with E-state index in [0.717, 1.165) is 21.3 Å². The largest absolute Gasteiger partial charge is 0.496 e. The average molecular weight is 287 g/mol. The van der Waals surface area contributed by atoms with Gasteiger partial charge in [-0.05, 0) is 46.5 Å². The summed E-state index contributed by atoms with van der Waals surface area (Å²) < 4.78 is 5.99. The maximum atomic E-state index is 11.1. The summed E-state index contributed by atoms with van der Waals surface area (Å²) in [5.74, 6) is -0.522. The van der Waals surface area contributed by atoms with Crippen molar-refractivity contribution in [2.24, 2.45) is 0 Å². The standard InChI is InChI=1S/C12H15BrO3/c1-4-8(12(14)15)9-5-6-10(16-3)11(13)7(9)2/h5-6,8H,4H2,1-3H3,(H,14,15). The molecule has 0 aliphatic rings. The molecule has 16 heavy (non-hydrogen) atoms. The summed E-state index contributed by atoms with van der Waals surface area (Å²) >= 11 is 3.42. The Labute approximate surface area is 104 Å². The summed E-state index contributed by atoms with van der Waals surface area (Å²) in [5.41, 5.74) is 1.76. The van der Waals surface area contributed by atoms with Gasteiger partial charge in [-0.2, -0.15) is 0 Å². The molecule has 1 N–H and O–H groups in total. The van der Waals surface area contributed by atoms with Gasteiger partial charge in [0.05, 0.1) is 17.5 Å². The van der Waals surface area contributed by atoms with E-state index in [9.17, 15) is 4.79 Å². The maximum absolute atomic E-state index is 11.1. The fraction of sp³-hybridized carbons (Fsp3) is 0.417. The Hall–Kier alpha value is -1.03. The Morgan fingerprint density at radius 1 is 1.56 bits per heavy atom. The first-order valence-corrected chi connectivity index (χ1v) is 5.88. The predicted molar refractivity (Wildman–Crippen MR) is 66.1 cm³/mol. The van der Waals surface area contributed by atoms with Crippen LogP contribution in [-0.4, -0.2) is 18.2 Å². The molecule has 1 atom stereocenters. The second-order valence-corrected chi connectivity index (χ2v) is 4.39. The highest BCUT2D eigenvalue weighted by Crippen LogP contribution is 2.34. The topological polar surface area (TPSA) is 46.5 Å². The van der Waals surface area contributed by atoms with E-state index in [1.807, 2.05) is 19.9 Å². The van der Waals surface area contributed by atoms with Gasteiger partial charge in [0.15, 0.2) is 0 Å². The molecule has 0 aromatic heterocycles. The Kier molecular flexibility index (Phi) is 4.35. The maximum Gasteiger partial charge on any atom is 0.310 e. The van der Waals surface area contributed by atoms with Crippen LogP contribution in [0.25, 0.3) is 0 Å². The van der Waals surface area contributed by atoms with E-state index in [1.54, 1.807) is 13.2 Å². The number of carboxylic acids is 1. The molecule has 0 aliphatic heterocycles. The molecule has 1 aromatic rings. The highest BCUT2D eigenvalue weighted by Gasteiger charge is 2.21. The van der Waals surface area contributed by atoms with Crippen LogP contribution in [0.4, 0.5) is 0 Å². The molecule has 1 rings (SSSR count). The SMILES string of the molecule is CCC(C(=O)O)c1ccc(OC)c(Br)c1C. The summed E-state index contributed by atoms with van der Waals surface area (Å²) in [6.07, 6.45) is 0.578. The third-order valence-corrected chi connectivity index (χ3v) is 3.68. The van der Waals surface area contributed by atoms with Crippen LogP contribution in [0.5, 0.6) is 5.75 Å². The predicted octanol–water partition coefficient (Wildman–Crippen LogP) is 3.34. The van der Waals surface area contributed by atoms with Crippen LogP contribution < -0.4 is 4.74 Å². The minimum atomic E-state index is -0.789. The second-order valence-electron chi connectivity index (χ2n) is 3.60. The molecule has 4 heteroatoms. The highest BCUT2D eigenvalue weighted by molar-refractivity contribution is 9.10. The van der Waals surface area contributed by atoms with E-state index in [2.05, 4.69) is 15.9 Å². The van der Waals surface area contributed by atoms with Crippen LogP contribution in [0.15, 0.2) is 16.6 Å². The van der Waals surface area contributed by atoms with E-state index in [0.29, 0.717) is 6.42 Å². The smallest absolute Gasteiger partial charge is 0.310 e. The lowest BCUT2D eigenvalue weighted by Crippen LogP contribution is -2.12. The Balaban J connectivity index is 3.25. The molecule has 0 fully saturated rings. The van der Waals surface area contributed by atoms with E-state index in [1.165, 1.54) is 0 Å². The van der Waals surface area contributed by atoms with Gasteiger partial charge < -0.3 is 9.84 Å². The molecule has 88 valence electrons. The van der Waals surface area contributed by atoms with Crippen molar-refractivity contribution in [3.05, 3.63) is 27.7 Å². The summed E-state index contributed by atoms with van der Waals surface area (Å²) in [4.78, 5) is 11.1. The number of halogens is 1. The zero-order chi connectivity index (χ0) is 12.3. The van der Waals surface area contributed by atoms with Crippen molar-refractivity contribution >= 4 is 21.9 Å². The van der Waals surface area contributed by atoms with E-state index >= 15 is 0 Å². The molecule has 0 bridgehead atoms. The van der Waals surface area contributed by atoms with E-state index < -0.39 is 11.9 Å². The lowest BCUT2D eigenvalue weighted by molar-refractivity contribution is -0.138. The monoisotopic (exact) mass is 286 g/mol. The third kappa shape index (κ3) is 2.38. The number of carboxylic acid groups (broad SMARTS) is 1. The lowest BCUT2D eigenvalue weighted by atomic mass is 9.92. The minimum absolute atomic E-state index is 0.456. The average Bonchev–Trinajstić information content (AvgIpc) is 2.25. The van der Waals surface area contributed by atoms with Crippen LogP contribution in [0.2, 0.25) is 0 Å². The van der Waals surface area contributed by atoms with Crippen molar-refractivity contribution in [3.8, 4) is 5.75 Å². The van der Waals surface area contributed by atoms with Crippen molar-refractivity contribution in [2.75, 3.05) is 7.11 Å². The van der Waals surface area contributed by atoms with Crippen molar-refractivity contribution in [2.45, 2.75) is 26.2 Å². The first-order valence-electron chi connectivity index (χ1n) is 5.08. The Morgan fingerprint density at radius 3 is 2.62 bits per heavy atom. The number of ether oxygens (including phenoxy) is 1. The van der Waals surface area contributed by atoms with Gasteiger partial charge in [-0.1, -0.05) is 13.0 Å². The molecular formula is C12H15BrO3. The first-order chi connectivity index (χ1) is 7.52. The first kappa shape index (κ1) is 13.0. The second kappa shape index (κ2) is 5.34. The quantitative estimate of drug-likeness (QED) is 0.923.